The topological polar surface area (TPSA) is 29.9 Å². The van der Waals surface area contributed by atoms with Gasteiger partial charge in [-0.1, -0.05) is 0 Å². The van der Waals surface area contributed by atoms with Gasteiger partial charge in [0.15, 0.2) is 0 Å². The van der Waals surface area contributed by atoms with Crippen LogP contribution in [0.15, 0.2) is 36.8 Å². The SMILES string of the molecule is Fc1ccc(-c2cn(C3CCCNC3)cn2)cc1. The highest BCUT2D eigenvalue weighted by Gasteiger charge is 2.15. The van der Waals surface area contributed by atoms with Crippen molar-refractivity contribution < 1.29 is 4.39 Å². The largest absolute Gasteiger partial charge is 0.332 e. The standard InChI is InChI=1S/C14H16FN3/c15-12-5-3-11(4-6-12)14-9-18(10-17-14)13-2-1-7-16-8-13/h3-6,9-10,13,16H,1-2,7-8H2. The van der Waals surface area contributed by atoms with Crippen LogP contribution < -0.4 is 5.32 Å². The van der Waals surface area contributed by atoms with Crippen LogP contribution in [0.1, 0.15) is 18.9 Å². The van der Waals surface area contributed by atoms with E-state index in [2.05, 4.69) is 14.9 Å². The van der Waals surface area contributed by atoms with Gasteiger partial charge in [0.05, 0.1) is 12.0 Å². The molecule has 1 fully saturated rings. The van der Waals surface area contributed by atoms with Crippen molar-refractivity contribution >= 4 is 0 Å². The highest BCUT2D eigenvalue weighted by atomic mass is 19.1. The van der Waals surface area contributed by atoms with Crippen molar-refractivity contribution in [3.8, 4) is 11.3 Å². The van der Waals surface area contributed by atoms with Gasteiger partial charge in [-0.2, -0.15) is 0 Å². The summed E-state index contributed by atoms with van der Waals surface area (Å²) in [6.07, 6.45) is 6.31. The number of aromatic nitrogens is 2. The van der Waals surface area contributed by atoms with E-state index in [9.17, 15) is 4.39 Å². The number of nitrogens with one attached hydrogen (secondary N) is 1. The molecule has 1 atom stereocenters. The number of rotatable bonds is 2. The Balaban J connectivity index is 1.82. The molecule has 1 aromatic heterocycles. The van der Waals surface area contributed by atoms with E-state index in [1.165, 1.54) is 25.0 Å². The Morgan fingerprint density at radius 2 is 2.11 bits per heavy atom. The molecular weight excluding hydrogens is 229 g/mol. The Bertz CT molecular complexity index is 512. The van der Waals surface area contributed by atoms with Crippen LogP contribution in [0.2, 0.25) is 0 Å². The van der Waals surface area contributed by atoms with Gasteiger partial charge in [-0.3, -0.25) is 0 Å². The molecule has 1 aliphatic heterocycles. The van der Waals surface area contributed by atoms with Crippen molar-refractivity contribution in [1.82, 2.24) is 14.9 Å². The number of halogens is 1. The van der Waals surface area contributed by atoms with Gasteiger partial charge < -0.3 is 9.88 Å². The molecule has 0 aliphatic carbocycles. The lowest BCUT2D eigenvalue weighted by Crippen LogP contribution is -2.31. The summed E-state index contributed by atoms with van der Waals surface area (Å²) in [6, 6.07) is 6.95. The summed E-state index contributed by atoms with van der Waals surface area (Å²) in [5.41, 5.74) is 1.86. The van der Waals surface area contributed by atoms with Crippen LogP contribution in [0.25, 0.3) is 11.3 Å². The van der Waals surface area contributed by atoms with Gasteiger partial charge in [0.1, 0.15) is 5.82 Å². The second-order valence-corrected chi connectivity index (χ2v) is 4.71. The maximum atomic E-state index is 12.9. The quantitative estimate of drug-likeness (QED) is 0.881. The molecule has 1 N–H and O–H groups in total. The summed E-state index contributed by atoms with van der Waals surface area (Å²) in [7, 11) is 0. The molecule has 1 unspecified atom stereocenters. The third-order valence-corrected chi connectivity index (χ3v) is 3.43. The molecule has 2 heterocycles. The van der Waals surface area contributed by atoms with E-state index in [1.807, 2.05) is 12.5 Å². The summed E-state index contributed by atoms with van der Waals surface area (Å²) < 4.78 is 15.0. The summed E-state index contributed by atoms with van der Waals surface area (Å²) in [5.74, 6) is -0.213. The summed E-state index contributed by atoms with van der Waals surface area (Å²) in [6.45, 7) is 2.11. The average Bonchev–Trinajstić information content (AvgIpc) is 2.90. The van der Waals surface area contributed by atoms with Gasteiger partial charge in [-0.05, 0) is 43.7 Å². The second kappa shape index (κ2) is 4.90. The zero-order valence-electron chi connectivity index (χ0n) is 10.1. The molecule has 1 saturated heterocycles. The minimum atomic E-state index is -0.213. The molecule has 0 radical (unpaired) electrons. The van der Waals surface area contributed by atoms with Gasteiger partial charge in [0, 0.05) is 24.3 Å². The molecule has 0 saturated carbocycles. The van der Waals surface area contributed by atoms with E-state index in [4.69, 9.17) is 0 Å². The fourth-order valence-corrected chi connectivity index (χ4v) is 2.39. The highest BCUT2D eigenvalue weighted by Crippen LogP contribution is 2.22. The summed E-state index contributed by atoms with van der Waals surface area (Å²) in [4.78, 5) is 4.40. The maximum absolute atomic E-state index is 12.9. The summed E-state index contributed by atoms with van der Waals surface area (Å²) >= 11 is 0. The molecule has 18 heavy (non-hydrogen) atoms. The van der Waals surface area contributed by atoms with Crippen LogP contribution in [-0.4, -0.2) is 22.6 Å². The zero-order chi connectivity index (χ0) is 12.4. The van der Waals surface area contributed by atoms with E-state index in [1.54, 1.807) is 12.1 Å². The van der Waals surface area contributed by atoms with Gasteiger partial charge in [-0.25, -0.2) is 9.37 Å². The molecule has 2 aromatic rings. The molecule has 94 valence electrons. The van der Waals surface area contributed by atoms with Crippen molar-refractivity contribution in [2.45, 2.75) is 18.9 Å². The summed E-state index contributed by atoms with van der Waals surface area (Å²) in [5, 5.41) is 3.39. The zero-order valence-corrected chi connectivity index (χ0v) is 10.1. The van der Waals surface area contributed by atoms with Crippen molar-refractivity contribution in [1.29, 1.82) is 0 Å². The molecular formula is C14H16FN3. The minimum absolute atomic E-state index is 0.213. The third kappa shape index (κ3) is 2.29. The van der Waals surface area contributed by atoms with Gasteiger partial charge in [0.25, 0.3) is 0 Å². The lowest BCUT2D eigenvalue weighted by molar-refractivity contribution is 0.371. The predicted molar refractivity (Wildman–Crippen MR) is 68.8 cm³/mol. The Hall–Kier alpha value is -1.68. The fraction of sp³-hybridized carbons (Fsp3) is 0.357. The second-order valence-electron chi connectivity index (χ2n) is 4.71. The van der Waals surface area contributed by atoms with Crippen LogP contribution in [0.3, 0.4) is 0 Å². The van der Waals surface area contributed by atoms with Crippen LogP contribution >= 0.6 is 0 Å². The highest BCUT2D eigenvalue weighted by molar-refractivity contribution is 5.57. The van der Waals surface area contributed by atoms with Crippen LogP contribution in [-0.2, 0) is 0 Å². The molecule has 0 bridgehead atoms. The first kappa shape index (κ1) is 11.4. The van der Waals surface area contributed by atoms with Crippen LogP contribution in [0, 0.1) is 5.82 Å². The van der Waals surface area contributed by atoms with E-state index in [0.29, 0.717) is 6.04 Å². The first-order valence-corrected chi connectivity index (χ1v) is 6.33. The number of imidazole rings is 1. The first-order chi connectivity index (χ1) is 8.83. The van der Waals surface area contributed by atoms with E-state index >= 15 is 0 Å². The Labute approximate surface area is 106 Å². The van der Waals surface area contributed by atoms with E-state index < -0.39 is 0 Å². The average molecular weight is 245 g/mol. The van der Waals surface area contributed by atoms with Crippen molar-refractivity contribution in [3.63, 3.8) is 0 Å². The Kier molecular flexibility index (Phi) is 3.11. The lowest BCUT2D eigenvalue weighted by atomic mass is 10.1. The molecule has 1 aromatic carbocycles. The van der Waals surface area contributed by atoms with E-state index in [0.717, 1.165) is 24.3 Å². The normalized spacial score (nSPS) is 19.9. The predicted octanol–water partition coefficient (Wildman–Crippen LogP) is 2.61. The van der Waals surface area contributed by atoms with Crippen LogP contribution in [0.5, 0.6) is 0 Å². The number of nitrogens with zero attached hydrogens (tertiary/aromatic N) is 2. The van der Waals surface area contributed by atoms with Crippen molar-refractivity contribution in [2.75, 3.05) is 13.1 Å². The van der Waals surface area contributed by atoms with Crippen molar-refractivity contribution in [2.24, 2.45) is 0 Å². The number of hydrogen-bond donors (Lipinski definition) is 1. The Morgan fingerprint density at radius 3 is 2.83 bits per heavy atom. The molecule has 0 amide bonds. The maximum Gasteiger partial charge on any atom is 0.123 e. The van der Waals surface area contributed by atoms with Crippen LogP contribution in [0.4, 0.5) is 4.39 Å². The fourth-order valence-electron chi connectivity index (χ4n) is 2.39. The molecule has 3 rings (SSSR count). The van der Waals surface area contributed by atoms with Gasteiger partial charge >= 0.3 is 0 Å². The van der Waals surface area contributed by atoms with E-state index in [-0.39, 0.29) is 5.82 Å². The lowest BCUT2D eigenvalue weighted by Gasteiger charge is -2.23. The van der Waals surface area contributed by atoms with Crippen molar-refractivity contribution in [3.05, 3.63) is 42.6 Å². The number of benzene rings is 1. The smallest absolute Gasteiger partial charge is 0.123 e. The molecule has 0 spiro atoms. The minimum Gasteiger partial charge on any atom is -0.332 e. The monoisotopic (exact) mass is 245 g/mol. The molecule has 1 aliphatic rings. The molecule has 3 nitrogen and oxygen atoms in total. The van der Waals surface area contributed by atoms with Gasteiger partial charge in [0.2, 0.25) is 0 Å². The number of piperidine rings is 1. The first-order valence-electron chi connectivity index (χ1n) is 6.33. The number of hydrogen-bond acceptors (Lipinski definition) is 2. The molecule has 4 heteroatoms. The Morgan fingerprint density at radius 1 is 1.28 bits per heavy atom. The van der Waals surface area contributed by atoms with Gasteiger partial charge in [-0.15, -0.1) is 0 Å². The third-order valence-electron chi connectivity index (χ3n) is 3.43.